The third-order valence-corrected chi connectivity index (χ3v) is 5.53. The zero-order valence-electron chi connectivity index (χ0n) is 19.7. The molecule has 1 saturated heterocycles. The van der Waals surface area contributed by atoms with Gasteiger partial charge in [0.05, 0.1) is 17.0 Å². The summed E-state index contributed by atoms with van der Waals surface area (Å²) in [4.78, 5) is 25.7. The number of anilines is 1. The first-order valence-corrected chi connectivity index (χ1v) is 11.3. The number of piperazine rings is 1. The molecule has 35 heavy (non-hydrogen) atoms. The first kappa shape index (κ1) is 24.5. The van der Waals surface area contributed by atoms with Gasteiger partial charge in [0, 0.05) is 32.6 Å². The average Bonchev–Trinajstić information content (AvgIpc) is 2.84. The van der Waals surface area contributed by atoms with Crippen molar-refractivity contribution in [3.63, 3.8) is 0 Å². The van der Waals surface area contributed by atoms with Crippen LogP contribution in [0.1, 0.15) is 30.9 Å². The predicted octanol–water partition coefficient (Wildman–Crippen LogP) is 4.53. The molecule has 3 aromatic rings. The van der Waals surface area contributed by atoms with Gasteiger partial charge in [0.2, 0.25) is 11.8 Å². The van der Waals surface area contributed by atoms with Gasteiger partial charge < -0.3 is 14.5 Å². The van der Waals surface area contributed by atoms with Gasteiger partial charge in [0.15, 0.2) is 0 Å². The fourth-order valence-electron chi connectivity index (χ4n) is 3.53. The van der Waals surface area contributed by atoms with E-state index in [2.05, 4.69) is 29.8 Å². The van der Waals surface area contributed by atoms with Gasteiger partial charge in [0.25, 0.3) is 0 Å². The standard InChI is InChI=1S/C24H26F3N7O/c1-4-20-30-22(34-14-12-33(3)13-15-34)32-23(31-20)35-21-18(10-11-19(29-21)24(25,26)27)16(2)28-17-8-6-5-7-9-17/h5-11H,4,12-15H2,1-3H3. The zero-order valence-corrected chi connectivity index (χ0v) is 19.7. The van der Waals surface area contributed by atoms with E-state index in [1.165, 1.54) is 6.07 Å². The quantitative estimate of drug-likeness (QED) is 0.475. The maximum Gasteiger partial charge on any atom is 0.433 e. The van der Waals surface area contributed by atoms with E-state index in [1.807, 2.05) is 37.1 Å². The van der Waals surface area contributed by atoms with Crippen LogP contribution in [-0.2, 0) is 12.6 Å². The van der Waals surface area contributed by atoms with Crippen LogP contribution in [0.25, 0.3) is 0 Å². The molecule has 1 aliphatic rings. The number of nitrogens with zero attached hydrogens (tertiary/aromatic N) is 7. The Morgan fingerprint density at radius 2 is 1.69 bits per heavy atom. The molecule has 2 aromatic heterocycles. The molecule has 0 bridgehead atoms. The summed E-state index contributed by atoms with van der Waals surface area (Å²) in [5.41, 5.74) is 0.326. The monoisotopic (exact) mass is 485 g/mol. The number of aliphatic imine (C=N–C) groups is 1. The molecule has 0 radical (unpaired) electrons. The summed E-state index contributed by atoms with van der Waals surface area (Å²) in [6, 6.07) is 11.2. The average molecular weight is 486 g/mol. The topological polar surface area (TPSA) is 79.6 Å². The molecular formula is C24H26F3N7O. The maximum atomic E-state index is 13.4. The second kappa shape index (κ2) is 10.3. The minimum Gasteiger partial charge on any atom is -0.404 e. The number of hydrogen-bond acceptors (Lipinski definition) is 8. The van der Waals surface area contributed by atoms with Crippen molar-refractivity contribution in [2.75, 3.05) is 38.1 Å². The number of likely N-dealkylation sites (N-methyl/N-ethyl adjacent to an activating group) is 1. The lowest BCUT2D eigenvalue weighted by molar-refractivity contribution is -0.141. The van der Waals surface area contributed by atoms with Crippen LogP contribution in [0.5, 0.6) is 11.9 Å². The fraction of sp³-hybridized carbons (Fsp3) is 0.375. The van der Waals surface area contributed by atoms with E-state index in [9.17, 15) is 13.2 Å². The van der Waals surface area contributed by atoms with Gasteiger partial charge in [0.1, 0.15) is 11.5 Å². The minimum atomic E-state index is -4.64. The Bertz CT molecular complexity index is 1190. The molecule has 0 atom stereocenters. The van der Waals surface area contributed by atoms with Crippen LogP contribution < -0.4 is 9.64 Å². The summed E-state index contributed by atoms with van der Waals surface area (Å²) in [5, 5.41) is 0. The van der Waals surface area contributed by atoms with Crippen molar-refractivity contribution in [2.24, 2.45) is 4.99 Å². The lowest BCUT2D eigenvalue weighted by Gasteiger charge is -2.32. The van der Waals surface area contributed by atoms with Gasteiger partial charge in [-0.25, -0.2) is 4.98 Å². The van der Waals surface area contributed by atoms with Crippen LogP contribution in [0.3, 0.4) is 0 Å². The summed E-state index contributed by atoms with van der Waals surface area (Å²) < 4.78 is 46.1. The molecule has 3 heterocycles. The van der Waals surface area contributed by atoms with E-state index in [0.29, 0.717) is 35.2 Å². The molecule has 0 saturated carbocycles. The van der Waals surface area contributed by atoms with Gasteiger partial charge in [-0.2, -0.15) is 28.1 Å². The predicted molar refractivity (Wildman–Crippen MR) is 127 cm³/mol. The molecule has 0 aliphatic carbocycles. The van der Waals surface area contributed by atoms with Crippen molar-refractivity contribution in [1.29, 1.82) is 0 Å². The lowest BCUT2D eigenvalue weighted by atomic mass is 10.1. The summed E-state index contributed by atoms with van der Waals surface area (Å²) in [6.45, 7) is 6.70. The SMILES string of the molecule is CCc1nc(Oc2nc(C(F)(F)F)ccc2C(C)=Nc2ccccc2)nc(N2CCN(C)CC2)n1. The van der Waals surface area contributed by atoms with Gasteiger partial charge in [-0.1, -0.05) is 25.1 Å². The van der Waals surface area contributed by atoms with Crippen LogP contribution in [0.4, 0.5) is 24.8 Å². The molecule has 8 nitrogen and oxygen atoms in total. The van der Waals surface area contributed by atoms with Crippen molar-refractivity contribution in [3.05, 3.63) is 59.5 Å². The Morgan fingerprint density at radius 1 is 0.971 bits per heavy atom. The van der Waals surface area contributed by atoms with Crippen molar-refractivity contribution >= 4 is 17.3 Å². The highest BCUT2D eigenvalue weighted by Gasteiger charge is 2.34. The highest BCUT2D eigenvalue weighted by Crippen LogP contribution is 2.32. The lowest BCUT2D eigenvalue weighted by Crippen LogP contribution is -2.45. The van der Waals surface area contributed by atoms with Crippen molar-refractivity contribution in [1.82, 2.24) is 24.8 Å². The Balaban J connectivity index is 1.73. The van der Waals surface area contributed by atoms with Gasteiger partial charge in [-0.05, 0) is 38.2 Å². The molecule has 11 heteroatoms. The summed E-state index contributed by atoms with van der Waals surface area (Å²) in [6.07, 6.45) is -4.13. The molecule has 1 fully saturated rings. The number of aromatic nitrogens is 4. The molecule has 1 aromatic carbocycles. The van der Waals surface area contributed by atoms with E-state index in [0.717, 1.165) is 32.2 Å². The van der Waals surface area contributed by atoms with Crippen LogP contribution in [0.15, 0.2) is 47.5 Å². The summed E-state index contributed by atoms with van der Waals surface area (Å²) in [7, 11) is 2.04. The third-order valence-electron chi connectivity index (χ3n) is 5.53. The van der Waals surface area contributed by atoms with Gasteiger partial charge in [-0.3, -0.25) is 4.99 Å². The number of benzene rings is 1. The van der Waals surface area contributed by atoms with E-state index in [4.69, 9.17) is 4.74 Å². The number of para-hydroxylation sites is 1. The summed E-state index contributed by atoms with van der Waals surface area (Å²) >= 11 is 0. The summed E-state index contributed by atoms with van der Waals surface area (Å²) in [5.74, 6) is 0.643. The Morgan fingerprint density at radius 3 is 2.34 bits per heavy atom. The van der Waals surface area contributed by atoms with Crippen LogP contribution in [0, 0.1) is 0 Å². The van der Waals surface area contributed by atoms with Gasteiger partial charge >= 0.3 is 12.2 Å². The number of ether oxygens (including phenoxy) is 1. The normalized spacial score (nSPS) is 15.4. The largest absolute Gasteiger partial charge is 0.433 e. The fourth-order valence-corrected chi connectivity index (χ4v) is 3.53. The molecule has 0 amide bonds. The Hall–Kier alpha value is -3.60. The molecule has 1 aliphatic heterocycles. The maximum absolute atomic E-state index is 13.4. The minimum absolute atomic E-state index is 0.105. The molecule has 0 unspecified atom stereocenters. The van der Waals surface area contributed by atoms with E-state index in [-0.39, 0.29) is 11.9 Å². The van der Waals surface area contributed by atoms with Crippen LogP contribution in [-0.4, -0.2) is 63.8 Å². The van der Waals surface area contributed by atoms with E-state index in [1.54, 1.807) is 19.1 Å². The molecule has 0 N–H and O–H groups in total. The second-order valence-corrected chi connectivity index (χ2v) is 8.16. The number of rotatable bonds is 6. The molecule has 0 spiro atoms. The Labute approximate surface area is 201 Å². The highest BCUT2D eigenvalue weighted by atomic mass is 19.4. The number of halogens is 3. The number of aryl methyl sites for hydroxylation is 1. The van der Waals surface area contributed by atoms with E-state index >= 15 is 0 Å². The van der Waals surface area contributed by atoms with Crippen LogP contribution >= 0.6 is 0 Å². The smallest absolute Gasteiger partial charge is 0.404 e. The third kappa shape index (κ3) is 6.10. The van der Waals surface area contributed by atoms with Gasteiger partial charge in [-0.15, -0.1) is 0 Å². The van der Waals surface area contributed by atoms with Crippen molar-refractivity contribution in [2.45, 2.75) is 26.4 Å². The number of hydrogen-bond donors (Lipinski definition) is 0. The highest BCUT2D eigenvalue weighted by molar-refractivity contribution is 6.02. The zero-order chi connectivity index (χ0) is 25.0. The first-order chi connectivity index (χ1) is 16.7. The molecular weight excluding hydrogens is 459 g/mol. The van der Waals surface area contributed by atoms with E-state index < -0.39 is 11.9 Å². The Kier molecular flexibility index (Phi) is 7.25. The number of pyridine rings is 1. The van der Waals surface area contributed by atoms with Crippen molar-refractivity contribution in [3.8, 4) is 11.9 Å². The number of alkyl halides is 3. The molecule has 184 valence electrons. The second-order valence-electron chi connectivity index (χ2n) is 8.16. The van der Waals surface area contributed by atoms with Crippen LogP contribution in [0.2, 0.25) is 0 Å². The van der Waals surface area contributed by atoms with Crippen molar-refractivity contribution < 1.29 is 17.9 Å². The molecule has 4 rings (SSSR count). The first-order valence-electron chi connectivity index (χ1n) is 11.3.